The Labute approximate surface area is 118 Å². The zero-order valence-electron chi connectivity index (χ0n) is 11.9. The van der Waals surface area contributed by atoms with Crippen LogP contribution in [-0.4, -0.2) is 42.7 Å². The molecule has 0 amide bonds. The van der Waals surface area contributed by atoms with Gasteiger partial charge in [0.05, 0.1) is 12.5 Å². The number of hydrogen-bond acceptors (Lipinski definition) is 7. The molecule has 7 nitrogen and oxygen atoms in total. The lowest BCUT2D eigenvalue weighted by atomic mass is 9.98. The number of esters is 1. The van der Waals surface area contributed by atoms with E-state index < -0.39 is 0 Å². The Morgan fingerprint density at radius 3 is 3.10 bits per heavy atom. The average molecular weight is 279 g/mol. The number of nitrogens with two attached hydrogens (primary N) is 1. The van der Waals surface area contributed by atoms with Gasteiger partial charge in [-0.25, -0.2) is 9.97 Å². The number of carbonyl (C=O) groups is 1. The van der Waals surface area contributed by atoms with Crippen LogP contribution in [0.1, 0.15) is 19.8 Å². The molecule has 20 heavy (non-hydrogen) atoms. The molecule has 0 bridgehead atoms. The third-order valence-electron chi connectivity index (χ3n) is 3.44. The van der Waals surface area contributed by atoms with Crippen LogP contribution >= 0.6 is 0 Å². The van der Waals surface area contributed by atoms with Crippen molar-refractivity contribution in [3.63, 3.8) is 0 Å². The molecule has 110 valence electrons. The van der Waals surface area contributed by atoms with Gasteiger partial charge in [0.2, 0.25) is 0 Å². The number of anilines is 3. The molecule has 1 aromatic rings. The van der Waals surface area contributed by atoms with E-state index in [9.17, 15) is 4.79 Å². The summed E-state index contributed by atoms with van der Waals surface area (Å²) in [7, 11) is 1.76. The SMILES string of the molecule is CCOC(=O)C1CCCN(c2ncnc(NC)c2N)C1. The fourth-order valence-corrected chi connectivity index (χ4v) is 2.46. The summed E-state index contributed by atoms with van der Waals surface area (Å²) in [6.07, 6.45) is 3.24. The van der Waals surface area contributed by atoms with E-state index in [0.717, 1.165) is 19.4 Å². The van der Waals surface area contributed by atoms with Gasteiger partial charge < -0.3 is 20.7 Å². The Balaban J connectivity index is 2.15. The fraction of sp³-hybridized carbons (Fsp3) is 0.615. The van der Waals surface area contributed by atoms with Crippen molar-refractivity contribution in [1.29, 1.82) is 0 Å². The summed E-state index contributed by atoms with van der Waals surface area (Å²) < 4.78 is 5.10. The highest BCUT2D eigenvalue weighted by Gasteiger charge is 2.28. The Hall–Kier alpha value is -2.05. The monoisotopic (exact) mass is 279 g/mol. The molecule has 0 saturated carbocycles. The van der Waals surface area contributed by atoms with E-state index in [1.165, 1.54) is 6.33 Å². The number of ether oxygens (including phenoxy) is 1. The number of nitrogen functional groups attached to an aromatic ring is 1. The van der Waals surface area contributed by atoms with Crippen LogP contribution in [0.5, 0.6) is 0 Å². The van der Waals surface area contributed by atoms with Crippen LogP contribution < -0.4 is 16.0 Å². The van der Waals surface area contributed by atoms with E-state index in [4.69, 9.17) is 10.5 Å². The number of nitrogens with zero attached hydrogens (tertiary/aromatic N) is 3. The molecule has 1 fully saturated rings. The smallest absolute Gasteiger partial charge is 0.310 e. The van der Waals surface area contributed by atoms with Crippen molar-refractivity contribution in [1.82, 2.24) is 9.97 Å². The molecular formula is C13H21N5O2. The summed E-state index contributed by atoms with van der Waals surface area (Å²) in [6.45, 7) is 3.65. The lowest BCUT2D eigenvalue weighted by Gasteiger charge is -2.33. The molecule has 0 radical (unpaired) electrons. The van der Waals surface area contributed by atoms with Crippen molar-refractivity contribution < 1.29 is 9.53 Å². The van der Waals surface area contributed by atoms with Gasteiger partial charge in [0.15, 0.2) is 11.6 Å². The van der Waals surface area contributed by atoms with Crippen LogP contribution in [0, 0.1) is 5.92 Å². The maximum absolute atomic E-state index is 11.9. The van der Waals surface area contributed by atoms with Gasteiger partial charge in [0, 0.05) is 20.1 Å². The van der Waals surface area contributed by atoms with Gasteiger partial charge in [-0.1, -0.05) is 0 Å². The third-order valence-corrected chi connectivity index (χ3v) is 3.44. The molecule has 2 rings (SSSR count). The second kappa shape index (κ2) is 6.40. The lowest BCUT2D eigenvalue weighted by molar-refractivity contribution is -0.148. The topological polar surface area (TPSA) is 93.4 Å². The number of nitrogens with one attached hydrogen (secondary N) is 1. The zero-order chi connectivity index (χ0) is 14.5. The Kier molecular flexibility index (Phi) is 4.60. The first-order chi connectivity index (χ1) is 9.67. The van der Waals surface area contributed by atoms with Gasteiger partial charge in [-0.15, -0.1) is 0 Å². The maximum atomic E-state index is 11.9. The molecule has 1 atom stereocenters. The van der Waals surface area contributed by atoms with E-state index >= 15 is 0 Å². The fourth-order valence-electron chi connectivity index (χ4n) is 2.46. The van der Waals surface area contributed by atoms with Gasteiger partial charge in [0.1, 0.15) is 12.0 Å². The number of piperidine rings is 1. The third kappa shape index (κ3) is 2.92. The van der Waals surface area contributed by atoms with Gasteiger partial charge >= 0.3 is 5.97 Å². The van der Waals surface area contributed by atoms with Crippen molar-refractivity contribution in [3.05, 3.63) is 6.33 Å². The molecule has 1 aliphatic rings. The minimum Gasteiger partial charge on any atom is -0.466 e. The van der Waals surface area contributed by atoms with Crippen molar-refractivity contribution in [3.8, 4) is 0 Å². The van der Waals surface area contributed by atoms with Crippen molar-refractivity contribution in [2.75, 3.05) is 42.7 Å². The lowest BCUT2D eigenvalue weighted by Crippen LogP contribution is -2.40. The highest BCUT2D eigenvalue weighted by Crippen LogP contribution is 2.29. The van der Waals surface area contributed by atoms with E-state index in [0.29, 0.717) is 30.5 Å². The van der Waals surface area contributed by atoms with Gasteiger partial charge in [-0.3, -0.25) is 4.79 Å². The maximum Gasteiger partial charge on any atom is 0.310 e. The summed E-state index contributed by atoms with van der Waals surface area (Å²) >= 11 is 0. The average Bonchev–Trinajstić information content (AvgIpc) is 2.48. The van der Waals surface area contributed by atoms with Crippen molar-refractivity contribution in [2.45, 2.75) is 19.8 Å². The van der Waals surface area contributed by atoms with Gasteiger partial charge in [-0.2, -0.15) is 0 Å². The molecule has 1 aliphatic heterocycles. The Bertz CT molecular complexity index is 480. The standard InChI is InChI=1S/C13H21N5O2/c1-3-20-13(19)9-5-4-6-18(7-9)12-10(14)11(15-2)16-8-17-12/h8-9H,3-7,14H2,1-2H3,(H,15,16,17). The van der Waals surface area contributed by atoms with Gasteiger partial charge in [-0.05, 0) is 19.8 Å². The van der Waals surface area contributed by atoms with Crippen LogP contribution in [-0.2, 0) is 9.53 Å². The molecule has 2 heterocycles. The number of hydrogen-bond donors (Lipinski definition) is 2. The molecule has 1 unspecified atom stereocenters. The summed E-state index contributed by atoms with van der Waals surface area (Å²) in [6, 6.07) is 0. The minimum absolute atomic E-state index is 0.115. The Morgan fingerprint density at radius 2 is 2.40 bits per heavy atom. The molecule has 7 heteroatoms. The number of aromatic nitrogens is 2. The number of carbonyl (C=O) groups excluding carboxylic acids is 1. The van der Waals surface area contributed by atoms with E-state index in [2.05, 4.69) is 15.3 Å². The Morgan fingerprint density at radius 1 is 1.60 bits per heavy atom. The van der Waals surface area contributed by atoms with Crippen LogP contribution in [0.25, 0.3) is 0 Å². The highest BCUT2D eigenvalue weighted by molar-refractivity contribution is 5.77. The first-order valence-corrected chi connectivity index (χ1v) is 6.87. The van der Waals surface area contributed by atoms with Crippen molar-refractivity contribution >= 4 is 23.3 Å². The van der Waals surface area contributed by atoms with Crippen LogP contribution in [0.15, 0.2) is 6.33 Å². The summed E-state index contributed by atoms with van der Waals surface area (Å²) in [5, 5.41) is 2.93. The van der Waals surface area contributed by atoms with E-state index in [1.54, 1.807) is 7.05 Å². The first kappa shape index (κ1) is 14.4. The molecule has 1 aromatic heterocycles. The molecule has 1 saturated heterocycles. The van der Waals surface area contributed by atoms with Crippen LogP contribution in [0.3, 0.4) is 0 Å². The quantitative estimate of drug-likeness (QED) is 0.790. The summed E-state index contributed by atoms with van der Waals surface area (Å²) in [5.41, 5.74) is 6.57. The summed E-state index contributed by atoms with van der Waals surface area (Å²) in [5.74, 6) is 1.03. The molecule has 0 aromatic carbocycles. The second-order valence-electron chi connectivity index (χ2n) is 4.75. The van der Waals surface area contributed by atoms with Crippen molar-refractivity contribution in [2.24, 2.45) is 5.92 Å². The predicted molar refractivity (Wildman–Crippen MR) is 77.6 cm³/mol. The second-order valence-corrected chi connectivity index (χ2v) is 4.75. The molecule has 0 spiro atoms. The van der Waals surface area contributed by atoms with E-state index in [1.807, 2.05) is 11.8 Å². The minimum atomic E-state index is -0.140. The van der Waals surface area contributed by atoms with Crippen LogP contribution in [0.4, 0.5) is 17.3 Å². The van der Waals surface area contributed by atoms with Crippen LogP contribution in [0.2, 0.25) is 0 Å². The molecule has 3 N–H and O–H groups in total. The highest BCUT2D eigenvalue weighted by atomic mass is 16.5. The normalized spacial score (nSPS) is 18.7. The molecular weight excluding hydrogens is 258 g/mol. The van der Waals surface area contributed by atoms with Gasteiger partial charge in [0.25, 0.3) is 0 Å². The predicted octanol–water partition coefficient (Wildman–Crippen LogP) is 0.880. The zero-order valence-corrected chi connectivity index (χ0v) is 11.9. The molecule has 0 aliphatic carbocycles. The van der Waals surface area contributed by atoms with E-state index in [-0.39, 0.29) is 11.9 Å². The largest absolute Gasteiger partial charge is 0.466 e. The first-order valence-electron chi connectivity index (χ1n) is 6.87. The number of rotatable bonds is 4. The summed E-state index contributed by atoms with van der Waals surface area (Å²) in [4.78, 5) is 22.2.